The van der Waals surface area contributed by atoms with Crippen molar-refractivity contribution in [2.45, 2.75) is 19.9 Å². The van der Waals surface area contributed by atoms with Gasteiger partial charge in [0, 0.05) is 12.1 Å². The van der Waals surface area contributed by atoms with Crippen LogP contribution in [0.3, 0.4) is 0 Å². The molecule has 1 heterocycles. The monoisotopic (exact) mass is 262 g/mol. The number of ether oxygens (including phenoxy) is 1. The van der Waals surface area contributed by atoms with Crippen molar-refractivity contribution < 1.29 is 14.3 Å². The van der Waals surface area contributed by atoms with Crippen molar-refractivity contribution in [1.82, 2.24) is 10.6 Å². The van der Waals surface area contributed by atoms with Gasteiger partial charge in [-0.25, -0.2) is 0 Å². The Bertz CT molecular complexity index is 486. The maximum absolute atomic E-state index is 11.9. The quantitative estimate of drug-likeness (QED) is 0.781. The number of rotatable bonds is 4. The number of hydrogen-bond acceptors (Lipinski definition) is 4. The first-order valence-corrected chi connectivity index (χ1v) is 6.47. The molecule has 0 fully saturated rings. The molecule has 0 atom stereocenters. The van der Waals surface area contributed by atoms with E-state index in [0.29, 0.717) is 12.2 Å². The lowest BCUT2D eigenvalue weighted by Gasteiger charge is -2.17. The summed E-state index contributed by atoms with van der Waals surface area (Å²) in [6.07, 6.45) is 0.925. The van der Waals surface area contributed by atoms with E-state index >= 15 is 0 Å². The number of fused-ring (bicyclic) bond motifs is 1. The average Bonchev–Trinajstić information content (AvgIpc) is 2.44. The summed E-state index contributed by atoms with van der Waals surface area (Å²) in [7, 11) is 0. The Morgan fingerprint density at radius 1 is 1.37 bits per heavy atom. The number of carbonyl (C=O) groups excluding carboxylic acids is 2. The van der Waals surface area contributed by atoms with Gasteiger partial charge >= 0.3 is 5.97 Å². The second-order valence-corrected chi connectivity index (χ2v) is 4.40. The number of esters is 1. The van der Waals surface area contributed by atoms with Gasteiger partial charge in [0.25, 0.3) is 5.91 Å². The van der Waals surface area contributed by atoms with E-state index < -0.39 is 5.97 Å². The predicted molar refractivity (Wildman–Crippen MR) is 70.8 cm³/mol. The smallest absolute Gasteiger partial charge is 0.325 e. The van der Waals surface area contributed by atoms with Gasteiger partial charge < -0.3 is 15.4 Å². The molecule has 1 amide bonds. The Kier molecular flexibility index (Phi) is 4.52. The highest BCUT2D eigenvalue weighted by Crippen LogP contribution is 2.15. The molecule has 102 valence electrons. The van der Waals surface area contributed by atoms with Crippen molar-refractivity contribution in [3.8, 4) is 0 Å². The molecule has 1 aliphatic heterocycles. The summed E-state index contributed by atoms with van der Waals surface area (Å²) in [5, 5.41) is 5.84. The number of nitrogens with one attached hydrogen (secondary N) is 2. The largest absolute Gasteiger partial charge is 0.465 e. The summed E-state index contributed by atoms with van der Waals surface area (Å²) in [5.74, 6) is -0.660. The van der Waals surface area contributed by atoms with E-state index in [4.69, 9.17) is 4.74 Å². The molecule has 0 spiro atoms. The highest BCUT2D eigenvalue weighted by Gasteiger charge is 2.13. The van der Waals surface area contributed by atoms with E-state index in [1.165, 1.54) is 11.1 Å². The molecular formula is C14H18N2O3. The highest BCUT2D eigenvalue weighted by molar-refractivity contribution is 5.96. The molecule has 0 unspecified atom stereocenters. The van der Waals surface area contributed by atoms with Crippen LogP contribution in [0.5, 0.6) is 0 Å². The fourth-order valence-corrected chi connectivity index (χ4v) is 2.08. The standard InChI is InChI=1S/C14H18N2O3/c1-2-19-13(17)9-16-14(18)11-3-4-12-8-15-6-5-10(12)7-11/h3-4,7,15H,2,5-6,8-9H2,1H3,(H,16,18). The summed E-state index contributed by atoms with van der Waals surface area (Å²) >= 11 is 0. The number of carbonyl (C=O) groups is 2. The summed E-state index contributed by atoms with van der Waals surface area (Å²) in [5.41, 5.74) is 3.01. The second kappa shape index (κ2) is 6.33. The van der Waals surface area contributed by atoms with Gasteiger partial charge in [-0.3, -0.25) is 9.59 Å². The average molecular weight is 262 g/mol. The molecular weight excluding hydrogens is 244 g/mol. The van der Waals surface area contributed by atoms with Crippen molar-refractivity contribution in [3.63, 3.8) is 0 Å². The minimum absolute atomic E-state index is 0.0920. The van der Waals surface area contributed by atoms with Crippen LogP contribution in [0, 0.1) is 0 Å². The van der Waals surface area contributed by atoms with Crippen LogP contribution in [0.2, 0.25) is 0 Å². The molecule has 5 heteroatoms. The zero-order valence-corrected chi connectivity index (χ0v) is 11.0. The third kappa shape index (κ3) is 3.54. The van der Waals surface area contributed by atoms with Crippen molar-refractivity contribution in [3.05, 3.63) is 34.9 Å². The first-order valence-electron chi connectivity index (χ1n) is 6.47. The van der Waals surface area contributed by atoms with Gasteiger partial charge in [0.15, 0.2) is 0 Å². The molecule has 2 rings (SSSR count). The SMILES string of the molecule is CCOC(=O)CNC(=O)c1ccc2c(c1)CCNC2. The molecule has 1 aromatic rings. The van der Waals surface area contributed by atoms with Crippen LogP contribution in [-0.2, 0) is 22.5 Å². The Morgan fingerprint density at radius 2 is 2.21 bits per heavy atom. The number of hydrogen-bond donors (Lipinski definition) is 2. The minimum atomic E-state index is -0.419. The van der Waals surface area contributed by atoms with E-state index in [9.17, 15) is 9.59 Å². The second-order valence-electron chi connectivity index (χ2n) is 4.40. The lowest BCUT2D eigenvalue weighted by molar-refractivity contribution is -0.141. The van der Waals surface area contributed by atoms with Crippen LogP contribution in [-0.4, -0.2) is 31.6 Å². The molecule has 1 aromatic carbocycles. The van der Waals surface area contributed by atoms with Crippen LogP contribution >= 0.6 is 0 Å². The van der Waals surface area contributed by atoms with Crippen molar-refractivity contribution >= 4 is 11.9 Å². The Balaban J connectivity index is 1.97. The van der Waals surface area contributed by atoms with E-state index in [-0.39, 0.29) is 12.5 Å². The maximum atomic E-state index is 11.9. The minimum Gasteiger partial charge on any atom is -0.465 e. The van der Waals surface area contributed by atoms with Crippen molar-refractivity contribution in [2.24, 2.45) is 0 Å². The lowest BCUT2D eigenvalue weighted by Crippen LogP contribution is -2.31. The van der Waals surface area contributed by atoms with E-state index in [2.05, 4.69) is 10.6 Å². The Labute approximate surface area is 112 Å². The van der Waals surface area contributed by atoms with Gasteiger partial charge in [-0.2, -0.15) is 0 Å². The molecule has 0 saturated heterocycles. The molecule has 0 aliphatic carbocycles. The zero-order chi connectivity index (χ0) is 13.7. The van der Waals surface area contributed by atoms with Gasteiger partial charge in [0.1, 0.15) is 6.54 Å². The maximum Gasteiger partial charge on any atom is 0.325 e. The first-order chi connectivity index (χ1) is 9.20. The summed E-state index contributed by atoms with van der Waals surface area (Å²) in [6.45, 7) is 3.74. The number of benzene rings is 1. The Hall–Kier alpha value is -1.88. The van der Waals surface area contributed by atoms with Gasteiger partial charge in [-0.15, -0.1) is 0 Å². The van der Waals surface area contributed by atoms with Crippen molar-refractivity contribution in [2.75, 3.05) is 19.7 Å². The van der Waals surface area contributed by atoms with Crippen LogP contribution < -0.4 is 10.6 Å². The van der Waals surface area contributed by atoms with Gasteiger partial charge in [-0.1, -0.05) is 6.07 Å². The topological polar surface area (TPSA) is 67.4 Å². The third-order valence-electron chi connectivity index (χ3n) is 3.05. The van der Waals surface area contributed by atoms with E-state index in [0.717, 1.165) is 19.5 Å². The molecule has 19 heavy (non-hydrogen) atoms. The van der Waals surface area contributed by atoms with Gasteiger partial charge in [0.2, 0.25) is 0 Å². The van der Waals surface area contributed by atoms with Crippen LogP contribution in [0.4, 0.5) is 0 Å². The molecule has 5 nitrogen and oxygen atoms in total. The van der Waals surface area contributed by atoms with E-state index in [1.807, 2.05) is 12.1 Å². The van der Waals surface area contributed by atoms with Gasteiger partial charge in [-0.05, 0) is 43.1 Å². The van der Waals surface area contributed by atoms with E-state index in [1.54, 1.807) is 13.0 Å². The lowest BCUT2D eigenvalue weighted by atomic mass is 9.98. The summed E-state index contributed by atoms with van der Waals surface area (Å²) < 4.78 is 4.76. The fraction of sp³-hybridized carbons (Fsp3) is 0.429. The fourth-order valence-electron chi connectivity index (χ4n) is 2.08. The molecule has 0 bridgehead atoms. The molecule has 0 radical (unpaired) electrons. The molecule has 0 saturated carbocycles. The summed E-state index contributed by atoms with van der Waals surface area (Å²) in [4.78, 5) is 23.1. The number of amides is 1. The van der Waals surface area contributed by atoms with Crippen molar-refractivity contribution in [1.29, 1.82) is 0 Å². The van der Waals surface area contributed by atoms with Crippen LogP contribution in [0.1, 0.15) is 28.4 Å². The summed E-state index contributed by atoms with van der Waals surface area (Å²) in [6, 6.07) is 5.64. The van der Waals surface area contributed by atoms with Gasteiger partial charge in [0.05, 0.1) is 6.61 Å². The van der Waals surface area contributed by atoms with Crippen LogP contribution in [0.25, 0.3) is 0 Å². The molecule has 1 aliphatic rings. The zero-order valence-electron chi connectivity index (χ0n) is 11.0. The predicted octanol–water partition coefficient (Wildman–Crippen LogP) is 0.625. The third-order valence-corrected chi connectivity index (χ3v) is 3.05. The van der Waals surface area contributed by atoms with Crippen LogP contribution in [0.15, 0.2) is 18.2 Å². The highest BCUT2D eigenvalue weighted by atomic mass is 16.5. The molecule has 0 aromatic heterocycles. The Morgan fingerprint density at radius 3 is 3.00 bits per heavy atom. The molecule has 2 N–H and O–H groups in total. The first kappa shape index (κ1) is 13.5. The normalized spacial score (nSPS) is 13.5.